The van der Waals surface area contributed by atoms with Crippen LogP contribution in [-0.4, -0.2) is 68.5 Å². The van der Waals surface area contributed by atoms with Crippen LogP contribution in [0, 0.1) is 0 Å². The van der Waals surface area contributed by atoms with Crippen molar-refractivity contribution in [2.24, 2.45) is 7.05 Å². The van der Waals surface area contributed by atoms with Crippen LogP contribution in [0.3, 0.4) is 0 Å². The highest BCUT2D eigenvalue weighted by atomic mass is 19.1. The predicted molar refractivity (Wildman–Crippen MR) is 88.0 cm³/mol. The van der Waals surface area contributed by atoms with E-state index in [0.29, 0.717) is 38.9 Å². The minimum atomic E-state index is -1.21. The van der Waals surface area contributed by atoms with Crippen molar-refractivity contribution < 1.29 is 14.3 Å². The Morgan fingerprint density at radius 1 is 1.50 bits per heavy atom. The van der Waals surface area contributed by atoms with Gasteiger partial charge >= 0.3 is 0 Å². The Morgan fingerprint density at radius 3 is 2.83 bits per heavy atom. The Bertz CT molecular complexity index is 585. The minimum Gasteiger partial charge on any atom is -0.380 e. The molecule has 1 aromatic rings. The molecule has 0 unspecified atom stereocenters. The molecule has 1 saturated heterocycles. The van der Waals surface area contributed by atoms with Crippen LogP contribution in [0.15, 0.2) is 12.4 Å². The van der Waals surface area contributed by atoms with Crippen LogP contribution < -0.4 is 0 Å². The first-order valence-electron chi connectivity index (χ1n) is 8.71. The lowest BCUT2D eigenvalue weighted by Crippen LogP contribution is -2.49. The van der Waals surface area contributed by atoms with Crippen LogP contribution >= 0.6 is 0 Å². The monoisotopic (exact) mass is 338 g/mol. The van der Waals surface area contributed by atoms with Crippen molar-refractivity contribution in [1.82, 2.24) is 19.6 Å². The number of hydrogen-bond acceptors (Lipinski definition) is 4. The summed E-state index contributed by atoms with van der Waals surface area (Å²) in [7, 11) is 3.57. The number of amides is 1. The summed E-state index contributed by atoms with van der Waals surface area (Å²) in [5.74, 6) is -0.219. The molecule has 0 bridgehead atoms. The normalized spacial score (nSPS) is 26.8. The highest BCUT2D eigenvalue weighted by Crippen LogP contribution is 2.31. The van der Waals surface area contributed by atoms with Gasteiger partial charge < -0.3 is 10.0 Å². The molecule has 2 fully saturated rings. The van der Waals surface area contributed by atoms with E-state index in [1.54, 1.807) is 22.8 Å². The van der Waals surface area contributed by atoms with Gasteiger partial charge in [0, 0.05) is 51.5 Å². The van der Waals surface area contributed by atoms with E-state index in [-0.39, 0.29) is 11.9 Å². The number of aryl methyl sites for hydroxylation is 1. The number of aromatic nitrogens is 2. The molecule has 0 spiro atoms. The fourth-order valence-corrected chi connectivity index (χ4v) is 4.02. The summed E-state index contributed by atoms with van der Waals surface area (Å²) in [6.07, 6.45) is 6.12. The van der Waals surface area contributed by atoms with Gasteiger partial charge in [0.15, 0.2) is 0 Å². The van der Waals surface area contributed by atoms with Crippen molar-refractivity contribution in [1.29, 1.82) is 0 Å². The van der Waals surface area contributed by atoms with Crippen molar-refractivity contribution >= 4 is 5.91 Å². The first-order chi connectivity index (χ1) is 11.4. The van der Waals surface area contributed by atoms with E-state index in [1.165, 1.54) is 0 Å². The lowest BCUT2D eigenvalue weighted by molar-refractivity contribution is -0.149. The molecule has 2 heterocycles. The number of carbonyl (C=O) groups is 1. The molecule has 0 radical (unpaired) electrons. The molecule has 2 atom stereocenters. The lowest BCUT2D eigenvalue weighted by atomic mass is 10.0. The van der Waals surface area contributed by atoms with Gasteiger partial charge in [-0.3, -0.25) is 14.4 Å². The second-order valence-corrected chi connectivity index (χ2v) is 7.36. The van der Waals surface area contributed by atoms with Crippen LogP contribution in [-0.2, 0) is 18.4 Å². The Labute approximate surface area is 142 Å². The molecule has 1 saturated carbocycles. The highest BCUT2D eigenvalue weighted by molar-refractivity contribution is 5.85. The van der Waals surface area contributed by atoms with Crippen LogP contribution in [0.1, 0.15) is 37.7 Å². The molecule has 6 nitrogen and oxygen atoms in total. The SMILES string of the molecule is CN(C[C@@H]1C[C@H](F)CN1Cc1cnn(C)c1)C(=O)C1(O)CCCC1. The van der Waals surface area contributed by atoms with Gasteiger partial charge in [0.05, 0.1) is 6.20 Å². The summed E-state index contributed by atoms with van der Waals surface area (Å²) in [5.41, 5.74) is -0.170. The number of alkyl halides is 1. The van der Waals surface area contributed by atoms with Crippen molar-refractivity contribution in [3.63, 3.8) is 0 Å². The quantitative estimate of drug-likeness (QED) is 0.873. The molecule has 3 rings (SSSR count). The molecule has 1 N–H and O–H groups in total. The van der Waals surface area contributed by atoms with Crippen molar-refractivity contribution in [3.8, 4) is 0 Å². The zero-order valence-electron chi connectivity index (χ0n) is 14.5. The number of halogens is 1. The molecule has 1 aromatic heterocycles. The Balaban J connectivity index is 1.62. The van der Waals surface area contributed by atoms with Gasteiger partial charge in [-0.05, 0) is 32.1 Å². The van der Waals surface area contributed by atoms with Crippen LogP contribution in [0.25, 0.3) is 0 Å². The number of likely N-dealkylation sites (tertiary alicyclic amines) is 1. The fourth-order valence-electron chi connectivity index (χ4n) is 4.02. The number of rotatable bonds is 5. The summed E-state index contributed by atoms with van der Waals surface area (Å²) < 4.78 is 15.7. The molecule has 7 heteroatoms. The summed E-state index contributed by atoms with van der Waals surface area (Å²) in [6, 6.07) is -0.0286. The van der Waals surface area contributed by atoms with Gasteiger partial charge in [-0.25, -0.2) is 4.39 Å². The molecule has 24 heavy (non-hydrogen) atoms. The van der Waals surface area contributed by atoms with Gasteiger partial charge in [-0.1, -0.05) is 0 Å². The maximum atomic E-state index is 13.9. The Hall–Kier alpha value is -1.47. The maximum absolute atomic E-state index is 13.9. The maximum Gasteiger partial charge on any atom is 0.254 e. The Morgan fingerprint density at radius 2 is 2.21 bits per heavy atom. The van der Waals surface area contributed by atoms with Crippen LogP contribution in [0.4, 0.5) is 4.39 Å². The summed E-state index contributed by atoms with van der Waals surface area (Å²) >= 11 is 0. The van der Waals surface area contributed by atoms with E-state index < -0.39 is 11.8 Å². The summed E-state index contributed by atoms with van der Waals surface area (Å²) in [6.45, 7) is 1.46. The molecule has 1 aliphatic carbocycles. The van der Waals surface area contributed by atoms with Crippen molar-refractivity contribution in [3.05, 3.63) is 18.0 Å². The number of carbonyl (C=O) groups excluding carboxylic acids is 1. The van der Waals surface area contributed by atoms with E-state index >= 15 is 0 Å². The largest absolute Gasteiger partial charge is 0.380 e. The molecule has 134 valence electrons. The van der Waals surface area contributed by atoms with E-state index in [1.807, 2.05) is 13.2 Å². The lowest BCUT2D eigenvalue weighted by Gasteiger charge is -2.32. The van der Waals surface area contributed by atoms with Crippen molar-refractivity contribution in [2.45, 2.75) is 56.5 Å². The van der Waals surface area contributed by atoms with E-state index in [9.17, 15) is 14.3 Å². The second-order valence-electron chi connectivity index (χ2n) is 7.36. The van der Waals surface area contributed by atoms with Crippen LogP contribution in [0.2, 0.25) is 0 Å². The topological polar surface area (TPSA) is 61.6 Å². The van der Waals surface area contributed by atoms with Crippen molar-refractivity contribution in [2.75, 3.05) is 20.1 Å². The fraction of sp³-hybridized carbons (Fsp3) is 0.765. The molecule has 2 aliphatic rings. The number of likely N-dealkylation sites (N-methyl/N-ethyl adjacent to an activating group) is 1. The van der Waals surface area contributed by atoms with E-state index in [0.717, 1.165) is 18.4 Å². The smallest absolute Gasteiger partial charge is 0.254 e. The second kappa shape index (κ2) is 6.80. The third-order valence-corrected chi connectivity index (χ3v) is 5.28. The van der Waals surface area contributed by atoms with Gasteiger partial charge in [-0.15, -0.1) is 0 Å². The zero-order valence-corrected chi connectivity index (χ0v) is 14.5. The molecular weight excluding hydrogens is 311 g/mol. The third-order valence-electron chi connectivity index (χ3n) is 5.28. The summed E-state index contributed by atoms with van der Waals surface area (Å²) in [4.78, 5) is 16.2. The highest BCUT2D eigenvalue weighted by Gasteiger charge is 2.42. The average molecular weight is 338 g/mol. The van der Waals surface area contributed by atoms with Gasteiger partial charge in [-0.2, -0.15) is 5.10 Å². The molecular formula is C17H27FN4O2. The third kappa shape index (κ3) is 3.62. The van der Waals surface area contributed by atoms with Crippen LogP contribution in [0.5, 0.6) is 0 Å². The molecule has 1 amide bonds. The number of nitrogens with zero attached hydrogens (tertiary/aromatic N) is 4. The first kappa shape index (κ1) is 17.4. The van der Waals surface area contributed by atoms with Gasteiger partial charge in [0.25, 0.3) is 5.91 Å². The minimum absolute atomic E-state index is 0.0286. The van der Waals surface area contributed by atoms with Gasteiger partial charge in [0.2, 0.25) is 0 Å². The standard InChI is InChI=1S/C17H27FN4O2/c1-20(16(23)17(24)5-3-4-6-17)12-15-7-14(18)11-22(15)10-13-8-19-21(2)9-13/h8-9,14-15,24H,3-7,10-12H2,1-2H3/t14-,15-/m0/s1. The molecule has 0 aromatic carbocycles. The average Bonchev–Trinajstić information content (AvgIpc) is 3.22. The number of aliphatic hydroxyl groups is 1. The number of hydrogen-bond donors (Lipinski definition) is 1. The zero-order chi connectivity index (χ0) is 17.3. The first-order valence-corrected chi connectivity index (χ1v) is 8.71. The van der Waals surface area contributed by atoms with E-state index in [4.69, 9.17) is 0 Å². The van der Waals surface area contributed by atoms with E-state index in [2.05, 4.69) is 10.00 Å². The molecule has 1 aliphatic heterocycles. The summed E-state index contributed by atoms with van der Waals surface area (Å²) in [5, 5.41) is 14.6. The van der Waals surface area contributed by atoms with Gasteiger partial charge in [0.1, 0.15) is 11.8 Å². The predicted octanol–water partition coefficient (Wildman–Crippen LogP) is 1.10. The Kier molecular flexibility index (Phi) is 4.92.